The van der Waals surface area contributed by atoms with E-state index >= 15 is 0 Å². The van der Waals surface area contributed by atoms with Crippen molar-refractivity contribution in [3.05, 3.63) is 11.6 Å². The first-order chi connectivity index (χ1) is 15.1. The van der Waals surface area contributed by atoms with Crippen LogP contribution in [0.2, 0.25) is 0 Å². The van der Waals surface area contributed by atoms with Crippen molar-refractivity contribution < 1.29 is 9.59 Å². The largest absolute Gasteiger partial charge is 0.360 e. The number of piperazine rings is 1. The number of aromatic nitrogens is 1. The Morgan fingerprint density at radius 1 is 1.16 bits per heavy atom. The predicted molar refractivity (Wildman–Crippen MR) is 127 cm³/mol. The molecule has 31 heavy (non-hydrogen) atoms. The van der Waals surface area contributed by atoms with Gasteiger partial charge in [0, 0.05) is 30.7 Å². The van der Waals surface area contributed by atoms with Gasteiger partial charge in [-0.2, -0.15) is 0 Å². The predicted octanol–water partition coefficient (Wildman–Crippen LogP) is 3.38. The van der Waals surface area contributed by atoms with Crippen LogP contribution < -0.4 is 10.6 Å². The Morgan fingerprint density at radius 2 is 1.90 bits per heavy atom. The zero-order valence-electron chi connectivity index (χ0n) is 18.1. The van der Waals surface area contributed by atoms with Gasteiger partial charge >= 0.3 is 0 Å². The van der Waals surface area contributed by atoms with E-state index in [9.17, 15) is 9.59 Å². The molecule has 0 spiro atoms. The lowest BCUT2D eigenvalue weighted by atomic mass is 9.84. The van der Waals surface area contributed by atoms with Gasteiger partial charge < -0.3 is 20.4 Å². The molecule has 1 atom stereocenters. The Morgan fingerprint density at radius 3 is 2.58 bits per heavy atom. The minimum Gasteiger partial charge on any atom is -0.360 e. The van der Waals surface area contributed by atoms with Crippen LogP contribution in [0.5, 0.6) is 0 Å². The number of thiazole rings is 1. The van der Waals surface area contributed by atoms with Crippen LogP contribution in [-0.2, 0) is 9.59 Å². The molecule has 0 bridgehead atoms. The number of hydrogen-bond acceptors (Lipinski definition) is 5. The van der Waals surface area contributed by atoms with E-state index in [1.54, 1.807) is 11.1 Å². The summed E-state index contributed by atoms with van der Waals surface area (Å²) in [6, 6.07) is -0.0123. The fourth-order valence-electron chi connectivity index (χ4n) is 5.11. The topological polar surface area (TPSA) is 77.6 Å². The molecule has 0 radical (unpaired) electrons. The van der Waals surface area contributed by atoms with Crippen LogP contribution in [0.4, 0.5) is 5.13 Å². The third-order valence-electron chi connectivity index (χ3n) is 6.85. The number of anilines is 1. The standard InChI is InChI=1S/C22H33N5O2S2/c28-19-15-26(22(30)24-17-8-4-5-9-17)11-12-27(19)18(14-16-6-2-1-3-7-16)20(29)25-21-23-10-13-31-21/h10,13,16-18H,1-9,11-12,14-15H2,(H,24,30)(H,23,25,29)/t18-/m0/s1. The molecular weight excluding hydrogens is 430 g/mol. The summed E-state index contributed by atoms with van der Waals surface area (Å²) in [6.07, 6.45) is 13.2. The molecule has 9 heteroatoms. The molecule has 7 nitrogen and oxygen atoms in total. The van der Waals surface area contributed by atoms with E-state index in [0.29, 0.717) is 35.3 Å². The highest BCUT2D eigenvalue weighted by molar-refractivity contribution is 7.80. The van der Waals surface area contributed by atoms with Gasteiger partial charge in [0.1, 0.15) is 6.04 Å². The maximum atomic E-state index is 13.2. The molecule has 4 rings (SSSR count). The number of nitrogens with zero attached hydrogens (tertiary/aromatic N) is 3. The van der Waals surface area contributed by atoms with Gasteiger partial charge in [0.25, 0.3) is 0 Å². The summed E-state index contributed by atoms with van der Waals surface area (Å²) in [7, 11) is 0. The van der Waals surface area contributed by atoms with Gasteiger partial charge in [-0.15, -0.1) is 11.3 Å². The van der Waals surface area contributed by atoms with Crippen molar-refractivity contribution >= 4 is 45.6 Å². The summed E-state index contributed by atoms with van der Waals surface area (Å²) in [4.78, 5) is 34.3. The van der Waals surface area contributed by atoms with Gasteiger partial charge in [0.2, 0.25) is 11.8 Å². The number of nitrogens with one attached hydrogen (secondary N) is 2. The first-order valence-electron chi connectivity index (χ1n) is 11.7. The highest BCUT2D eigenvalue weighted by atomic mass is 32.1. The maximum absolute atomic E-state index is 13.2. The van der Waals surface area contributed by atoms with Crippen LogP contribution in [0.1, 0.15) is 64.2 Å². The molecule has 0 aromatic carbocycles. The Kier molecular flexibility index (Phi) is 7.76. The van der Waals surface area contributed by atoms with Crippen LogP contribution >= 0.6 is 23.6 Å². The highest BCUT2D eigenvalue weighted by Crippen LogP contribution is 2.30. The Hall–Kier alpha value is -1.74. The van der Waals surface area contributed by atoms with Crippen molar-refractivity contribution in [2.24, 2.45) is 5.92 Å². The molecule has 2 heterocycles. The van der Waals surface area contributed by atoms with Crippen molar-refractivity contribution in [2.45, 2.75) is 76.3 Å². The summed E-state index contributed by atoms with van der Waals surface area (Å²) in [5, 5.41) is 9.47. The monoisotopic (exact) mass is 463 g/mol. The van der Waals surface area contributed by atoms with E-state index < -0.39 is 6.04 Å². The van der Waals surface area contributed by atoms with E-state index in [2.05, 4.69) is 15.6 Å². The molecule has 170 valence electrons. The minimum absolute atomic E-state index is 0.0167. The van der Waals surface area contributed by atoms with Crippen molar-refractivity contribution in [2.75, 3.05) is 25.0 Å². The van der Waals surface area contributed by atoms with Crippen LogP contribution in [0.3, 0.4) is 0 Å². The van der Waals surface area contributed by atoms with Crippen molar-refractivity contribution in [3.8, 4) is 0 Å². The molecule has 1 aromatic rings. The van der Waals surface area contributed by atoms with E-state index in [1.165, 1.54) is 43.4 Å². The van der Waals surface area contributed by atoms with Crippen molar-refractivity contribution in [1.82, 2.24) is 20.1 Å². The molecule has 1 saturated heterocycles. The van der Waals surface area contributed by atoms with E-state index in [1.807, 2.05) is 10.3 Å². The second kappa shape index (κ2) is 10.7. The lowest BCUT2D eigenvalue weighted by Crippen LogP contribution is -2.60. The number of thiocarbonyl (C=S) groups is 1. The first-order valence-corrected chi connectivity index (χ1v) is 12.9. The summed E-state index contributed by atoms with van der Waals surface area (Å²) in [6.45, 7) is 1.42. The van der Waals surface area contributed by atoms with Crippen LogP contribution in [0.25, 0.3) is 0 Å². The minimum atomic E-state index is -0.446. The Balaban J connectivity index is 1.39. The molecule has 2 aliphatic carbocycles. The molecule has 1 aromatic heterocycles. The quantitative estimate of drug-likeness (QED) is 0.630. The van der Waals surface area contributed by atoms with Gasteiger partial charge in [-0.25, -0.2) is 4.98 Å². The van der Waals surface area contributed by atoms with E-state index in [4.69, 9.17) is 12.2 Å². The van der Waals surface area contributed by atoms with Gasteiger partial charge in [0.15, 0.2) is 10.2 Å². The summed E-state index contributed by atoms with van der Waals surface area (Å²) >= 11 is 6.99. The van der Waals surface area contributed by atoms with Crippen LogP contribution in [0.15, 0.2) is 11.6 Å². The Bertz CT molecular complexity index is 760. The molecule has 2 amide bonds. The fraction of sp³-hybridized carbons (Fsp3) is 0.727. The second-order valence-corrected chi connectivity index (χ2v) is 10.3. The average Bonchev–Trinajstić information content (AvgIpc) is 3.47. The Labute approximate surface area is 194 Å². The lowest BCUT2D eigenvalue weighted by molar-refractivity contribution is -0.142. The number of carbonyl (C=O) groups excluding carboxylic acids is 2. The van der Waals surface area contributed by atoms with E-state index in [-0.39, 0.29) is 18.4 Å². The third-order valence-corrected chi connectivity index (χ3v) is 7.91. The van der Waals surface area contributed by atoms with Crippen molar-refractivity contribution in [1.29, 1.82) is 0 Å². The molecule has 2 saturated carbocycles. The van der Waals surface area contributed by atoms with Crippen LogP contribution in [-0.4, -0.2) is 63.4 Å². The van der Waals surface area contributed by atoms with Gasteiger partial charge in [-0.3, -0.25) is 9.59 Å². The molecule has 1 aliphatic heterocycles. The number of hydrogen-bond donors (Lipinski definition) is 2. The molecule has 2 N–H and O–H groups in total. The summed E-state index contributed by atoms with van der Waals surface area (Å²) in [5.41, 5.74) is 0. The molecule has 0 unspecified atom stereocenters. The maximum Gasteiger partial charge on any atom is 0.248 e. The third kappa shape index (κ3) is 5.94. The molecule has 3 fully saturated rings. The zero-order chi connectivity index (χ0) is 21.6. The van der Waals surface area contributed by atoms with Gasteiger partial charge in [-0.1, -0.05) is 44.9 Å². The SMILES string of the molecule is O=C(Nc1nccs1)[C@H](CC1CCCCC1)N1CCN(C(=S)NC2CCCC2)CC1=O. The highest BCUT2D eigenvalue weighted by Gasteiger charge is 2.36. The fourth-order valence-corrected chi connectivity index (χ4v) is 5.97. The number of amides is 2. The zero-order valence-corrected chi connectivity index (χ0v) is 19.7. The van der Waals surface area contributed by atoms with Crippen molar-refractivity contribution in [3.63, 3.8) is 0 Å². The normalized spacial score (nSPS) is 21.9. The lowest BCUT2D eigenvalue weighted by Gasteiger charge is -2.40. The first kappa shape index (κ1) is 22.5. The molecular formula is C22H33N5O2S2. The number of rotatable bonds is 6. The van der Waals surface area contributed by atoms with Gasteiger partial charge in [-0.05, 0) is 37.4 Å². The second-order valence-electron chi connectivity index (χ2n) is 9.02. The van der Waals surface area contributed by atoms with Gasteiger partial charge in [0.05, 0.1) is 6.54 Å². The summed E-state index contributed by atoms with van der Waals surface area (Å²) < 4.78 is 0. The van der Waals surface area contributed by atoms with E-state index in [0.717, 1.165) is 32.1 Å². The molecule has 3 aliphatic rings. The number of carbonyl (C=O) groups is 2. The average molecular weight is 464 g/mol. The smallest absolute Gasteiger partial charge is 0.248 e. The van der Waals surface area contributed by atoms with Crippen LogP contribution in [0, 0.1) is 5.92 Å². The summed E-state index contributed by atoms with van der Waals surface area (Å²) in [5.74, 6) is 0.364.